The molecule has 0 atom stereocenters. The molecule has 6 aromatic carbocycles. The van der Waals surface area contributed by atoms with Gasteiger partial charge >= 0.3 is 0 Å². The molecule has 9 rings (SSSR count). The molecule has 41 heavy (non-hydrogen) atoms. The summed E-state index contributed by atoms with van der Waals surface area (Å²) in [6.45, 7) is 0. The van der Waals surface area contributed by atoms with E-state index in [-0.39, 0.29) is 0 Å². The van der Waals surface area contributed by atoms with Crippen LogP contribution in [-0.4, -0.2) is 9.13 Å². The normalized spacial score (nSPS) is 11.9. The molecule has 192 valence electrons. The molecule has 0 amide bonds. The summed E-state index contributed by atoms with van der Waals surface area (Å²) in [5.41, 5.74) is 9.99. The summed E-state index contributed by atoms with van der Waals surface area (Å²) in [4.78, 5) is 0. The molecule has 3 nitrogen and oxygen atoms in total. The number of rotatable bonds is 3. The maximum absolute atomic E-state index is 6.45. The Bertz CT molecular complexity index is 2400. The average Bonchev–Trinajstić information content (AvgIpc) is 3.68. The number of para-hydroxylation sites is 3. The van der Waals surface area contributed by atoms with Crippen LogP contribution in [0.3, 0.4) is 0 Å². The Morgan fingerprint density at radius 3 is 1.76 bits per heavy atom. The fourth-order valence-electron chi connectivity index (χ4n) is 6.51. The number of aromatic nitrogens is 2. The van der Waals surface area contributed by atoms with Gasteiger partial charge in [-0.3, -0.25) is 4.57 Å². The quantitative estimate of drug-likeness (QED) is 0.225. The van der Waals surface area contributed by atoms with Crippen LogP contribution in [0.5, 0.6) is 0 Å². The van der Waals surface area contributed by atoms with Gasteiger partial charge in [0.25, 0.3) is 0 Å². The van der Waals surface area contributed by atoms with Gasteiger partial charge < -0.3 is 8.98 Å². The van der Waals surface area contributed by atoms with E-state index < -0.39 is 0 Å². The third-order valence-electron chi connectivity index (χ3n) is 8.34. The molecule has 0 spiro atoms. The molecule has 0 aliphatic heterocycles. The molecule has 0 saturated carbocycles. The summed E-state index contributed by atoms with van der Waals surface area (Å²) in [6.07, 6.45) is 0. The first-order valence-electron chi connectivity index (χ1n) is 14.0. The summed E-state index contributed by atoms with van der Waals surface area (Å²) in [5.74, 6) is 0. The van der Waals surface area contributed by atoms with Gasteiger partial charge in [-0.1, -0.05) is 91.0 Å². The largest absolute Gasteiger partial charge is 0.439 e. The van der Waals surface area contributed by atoms with Gasteiger partial charge in [0.15, 0.2) is 0 Å². The maximum Gasteiger partial charge on any atom is 0.213 e. The summed E-state index contributed by atoms with van der Waals surface area (Å²) in [5, 5.41) is 6.02. The van der Waals surface area contributed by atoms with Crippen molar-refractivity contribution in [1.82, 2.24) is 9.13 Å². The second kappa shape index (κ2) is 8.48. The molecular weight excluding hydrogens is 500 g/mol. The van der Waals surface area contributed by atoms with Crippen molar-refractivity contribution in [3.63, 3.8) is 0 Å². The summed E-state index contributed by atoms with van der Waals surface area (Å²) < 4.78 is 11.1. The van der Waals surface area contributed by atoms with Crippen molar-refractivity contribution in [3.8, 4) is 22.5 Å². The van der Waals surface area contributed by atoms with Crippen molar-refractivity contribution in [2.75, 3.05) is 0 Å². The van der Waals surface area contributed by atoms with Crippen LogP contribution in [0.15, 0.2) is 150 Å². The monoisotopic (exact) mass is 524 g/mol. The van der Waals surface area contributed by atoms with Gasteiger partial charge in [-0.2, -0.15) is 0 Å². The zero-order chi connectivity index (χ0) is 26.9. The van der Waals surface area contributed by atoms with E-state index in [1.807, 2.05) is 12.1 Å². The molecule has 0 unspecified atom stereocenters. The van der Waals surface area contributed by atoms with Crippen LogP contribution >= 0.6 is 0 Å². The van der Waals surface area contributed by atoms with Crippen molar-refractivity contribution in [3.05, 3.63) is 146 Å². The molecule has 0 bridgehead atoms. The van der Waals surface area contributed by atoms with Crippen LogP contribution in [0.2, 0.25) is 0 Å². The Morgan fingerprint density at radius 2 is 0.976 bits per heavy atom. The van der Waals surface area contributed by atoms with Crippen LogP contribution < -0.4 is 0 Å². The highest BCUT2D eigenvalue weighted by atomic mass is 16.3. The van der Waals surface area contributed by atoms with Crippen molar-refractivity contribution >= 4 is 54.8 Å². The Morgan fingerprint density at radius 1 is 0.390 bits per heavy atom. The van der Waals surface area contributed by atoms with Crippen LogP contribution in [-0.2, 0) is 0 Å². The van der Waals surface area contributed by atoms with Crippen molar-refractivity contribution in [1.29, 1.82) is 0 Å². The highest BCUT2D eigenvalue weighted by Crippen LogP contribution is 2.39. The first-order valence-corrected chi connectivity index (χ1v) is 14.0. The SMILES string of the molecule is c1ccc(-c2ccc3c(c2)c2ccccc2n3-c2ccc(-n3c4ccccc4c4c5ccccc5oc43)cc2)cc1. The number of hydrogen-bond acceptors (Lipinski definition) is 1. The van der Waals surface area contributed by atoms with Crippen LogP contribution in [0, 0.1) is 0 Å². The van der Waals surface area contributed by atoms with E-state index in [1.54, 1.807) is 0 Å². The van der Waals surface area contributed by atoms with Gasteiger partial charge in [0.05, 0.1) is 21.9 Å². The molecule has 0 aliphatic carbocycles. The van der Waals surface area contributed by atoms with Crippen LogP contribution in [0.25, 0.3) is 77.3 Å². The van der Waals surface area contributed by atoms with Gasteiger partial charge in [-0.25, -0.2) is 0 Å². The Kier molecular flexibility index (Phi) is 4.61. The minimum atomic E-state index is 0.880. The summed E-state index contributed by atoms with van der Waals surface area (Å²) in [7, 11) is 0. The topological polar surface area (TPSA) is 23.0 Å². The first kappa shape index (κ1) is 22.3. The number of furan rings is 1. The lowest BCUT2D eigenvalue weighted by molar-refractivity contribution is 0.645. The van der Waals surface area contributed by atoms with E-state index in [4.69, 9.17) is 4.42 Å². The molecule has 0 saturated heterocycles. The van der Waals surface area contributed by atoms with Gasteiger partial charge in [0, 0.05) is 32.9 Å². The molecule has 0 radical (unpaired) electrons. The standard InChI is InChI=1S/C38H24N2O/c1-2-10-25(11-3-1)26-18-23-35-32(24-26)29-12-4-7-15-33(29)39(35)27-19-21-28(22-20-27)40-34-16-8-5-13-30(34)37-31-14-6-9-17-36(31)41-38(37)40/h1-24H. The molecule has 9 aromatic rings. The molecule has 0 fully saturated rings. The first-order chi connectivity index (χ1) is 20.3. The third kappa shape index (κ3) is 3.20. The molecule has 0 N–H and O–H groups in total. The Hall–Kier alpha value is -5.54. The lowest BCUT2D eigenvalue weighted by Crippen LogP contribution is -1.97. The summed E-state index contributed by atoms with van der Waals surface area (Å²) in [6, 6.07) is 51.8. The van der Waals surface area contributed by atoms with Crippen LogP contribution in [0.4, 0.5) is 0 Å². The van der Waals surface area contributed by atoms with Gasteiger partial charge in [0.1, 0.15) is 5.58 Å². The summed E-state index contributed by atoms with van der Waals surface area (Å²) >= 11 is 0. The number of hydrogen-bond donors (Lipinski definition) is 0. The van der Waals surface area contributed by atoms with Crippen molar-refractivity contribution in [2.45, 2.75) is 0 Å². The fraction of sp³-hybridized carbons (Fsp3) is 0. The Labute approximate surface area is 236 Å². The molecular formula is C38H24N2O. The van der Waals surface area contributed by atoms with E-state index >= 15 is 0 Å². The lowest BCUT2D eigenvalue weighted by Gasteiger charge is -2.11. The van der Waals surface area contributed by atoms with Crippen molar-refractivity contribution in [2.24, 2.45) is 0 Å². The predicted octanol–water partition coefficient (Wildman–Crippen LogP) is 10.3. The average molecular weight is 525 g/mol. The van der Waals surface area contributed by atoms with E-state index in [0.29, 0.717) is 0 Å². The predicted molar refractivity (Wildman–Crippen MR) is 170 cm³/mol. The zero-order valence-corrected chi connectivity index (χ0v) is 22.2. The Balaban J connectivity index is 1.24. The second-order valence-corrected chi connectivity index (χ2v) is 10.6. The third-order valence-corrected chi connectivity index (χ3v) is 8.34. The molecule has 3 aromatic heterocycles. The molecule has 3 heterocycles. The molecule has 3 heteroatoms. The molecule has 0 aliphatic rings. The van der Waals surface area contributed by atoms with E-state index in [9.17, 15) is 0 Å². The van der Waals surface area contributed by atoms with E-state index in [0.717, 1.165) is 39.0 Å². The lowest BCUT2D eigenvalue weighted by atomic mass is 10.0. The van der Waals surface area contributed by atoms with Gasteiger partial charge in [-0.15, -0.1) is 0 Å². The zero-order valence-electron chi connectivity index (χ0n) is 22.2. The van der Waals surface area contributed by atoms with E-state index in [2.05, 4.69) is 143 Å². The minimum Gasteiger partial charge on any atom is -0.439 e. The smallest absolute Gasteiger partial charge is 0.213 e. The number of benzene rings is 6. The van der Waals surface area contributed by atoms with Gasteiger partial charge in [-0.05, 0) is 65.7 Å². The number of nitrogens with zero attached hydrogens (tertiary/aromatic N) is 2. The van der Waals surface area contributed by atoms with E-state index in [1.165, 1.54) is 38.3 Å². The number of fused-ring (bicyclic) bond motifs is 8. The minimum absolute atomic E-state index is 0.880. The van der Waals surface area contributed by atoms with Crippen LogP contribution in [0.1, 0.15) is 0 Å². The highest BCUT2D eigenvalue weighted by molar-refractivity contribution is 6.20. The van der Waals surface area contributed by atoms with Crippen molar-refractivity contribution < 1.29 is 4.42 Å². The van der Waals surface area contributed by atoms with Gasteiger partial charge in [0.2, 0.25) is 5.71 Å². The highest BCUT2D eigenvalue weighted by Gasteiger charge is 2.19. The second-order valence-electron chi connectivity index (χ2n) is 10.6. The fourth-order valence-corrected chi connectivity index (χ4v) is 6.51. The maximum atomic E-state index is 6.45.